The summed E-state index contributed by atoms with van der Waals surface area (Å²) in [5.41, 5.74) is 5.81. The summed E-state index contributed by atoms with van der Waals surface area (Å²) in [7, 11) is 0. The number of nitrogens with two attached hydrogens (primary N) is 1. The molecule has 1 heterocycles. The predicted octanol–water partition coefficient (Wildman–Crippen LogP) is 3.25. The molecule has 2 aromatic rings. The summed E-state index contributed by atoms with van der Waals surface area (Å²) >= 11 is 5.83. The van der Waals surface area contributed by atoms with Crippen molar-refractivity contribution in [1.82, 2.24) is 4.98 Å². The lowest BCUT2D eigenvalue weighted by Crippen LogP contribution is -1.95. The fraction of sp³-hybridized carbons (Fsp3) is 0. The van der Waals surface area contributed by atoms with Crippen LogP contribution in [-0.2, 0) is 0 Å². The van der Waals surface area contributed by atoms with Crippen molar-refractivity contribution < 1.29 is 9.13 Å². The van der Waals surface area contributed by atoms with Crippen LogP contribution in [0.5, 0.6) is 11.5 Å². The van der Waals surface area contributed by atoms with Gasteiger partial charge in [0.25, 0.3) is 0 Å². The lowest BCUT2D eigenvalue weighted by Gasteiger charge is -2.09. The molecule has 1 aromatic heterocycles. The summed E-state index contributed by atoms with van der Waals surface area (Å²) in [6.45, 7) is 0. The lowest BCUT2D eigenvalue weighted by atomic mass is 10.3. The Hall–Kier alpha value is -1.81. The SMILES string of the molecule is Nc1cccc(F)c1Oc1ccncc1Cl. The van der Waals surface area contributed by atoms with Crippen LogP contribution in [0.4, 0.5) is 10.1 Å². The molecule has 1 aromatic carbocycles. The molecule has 82 valence electrons. The van der Waals surface area contributed by atoms with Crippen LogP contribution in [-0.4, -0.2) is 4.98 Å². The second-order valence-corrected chi connectivity index (χ2v) is 3.47. The average Bonchev–Trinajstić information content (AvgIpc) is 2.26. The second kappa shape index (κ2) is 4.37. The zero-order valence-electron chi connectivity index (χ0n) is 8.15. The third kappa shape index (κ3) is 2.06. The minimum Gasteiger partial charge on any atom is -0.450 e. The fourth-order valence-electron chi connectivity index (χ4n) is 1.19. The van der Waals surface area contributed by atoms with E-state index in [9.17, 15) is 4.39 Å². The summed E-state index contributed by atoms with van der Waals surface area (Å²) < 4.78 is 18.7. The number of pyridine rings is 1. The molecule has 0 aliphatic heterocycles. The zero-order chi connectivity index (χ0) is 11.5. The molecule has 2 N–H and O–H groups in total. The summed E-state index contributed by atoms with van der Waals surface area (Å²) in [5, 5.41) is 0.296. The van der Waals surface area contributed by atoms with Crippen molar-refractivity contribution in [3.63, 3.8) is 0 Å². The highest BCUT2D eigenvalue weighted by Crippen LogP contribution is 2.33. The Kier molecular flexibility index (Phi) is 2.92. The molecule has 2 rings (SSSR count). The van der Waals surface area contributed by atoms with Crippen molar-refractivity contribution >= 4 is 17.3 Å². The number of hydrogen-bond donors (Lipinski definition) is 1. The van der Waals surface area contributed by atoms with E-state index in [1.165, 1.54) is 30.6 Å². The summed E-state index contributed by atoms with van der Waals surface area (Å²) in [6.07, 6.45) is 2.91. The highest BCUT2D eigenvalue weighted by molar-refractivity contribution is 6.31. The maximum Gasteiger partial charge on any atom is 0.185 e. The molecule has 5 heteroatoms. The maximum atomic E-state index is 13.4. The van der Waals surface area contributed by atoms with Gasteiger partial charge >= 0.3 is 0 Å². The van der Waals surface area contributed by atoms with Gasteiger partial charge in [-0.05, 0) is 12.1 Å². The van der Waals surface area contributed by atoms with Gasteiger partial charge in [0.2, 0.25) is 0 Å². The standard InChI is InChI=1S/C11H8ClFN2O/c12-7-6-15-5-4-10(7)16-11-8(13)2-1-3-9(11)14/h1-6H,14H2. The summed E-state index contributed by atoms with van der Waals surface area (Å²) in [4.78, 5) is 3.79. The number of para-hydroxylation sites is 1. The van der Waals surface area contributed by atoms with Crippen molar-refractivity contribution in [2.45, 2.75) is 0 Å². The van der Waals surface area contributed by atoms with Crippen LogP contribution in [0, 0.1) is 5.82 Å². The minimum absolute atomic E-state index is 0.0319. The van der Waals surface area contributed by atoms with Crippen LogP contribution in [0.2, 0.25) is 5.02 Å². The van der Waals surface area contributed by atoms with Gasteiger partial charge in [-0.1, -0.05) is 17.7 Å². The fourth-order valence-corrected chi connectivity index (χ4v) is 1.35. The van der Waals surface area contributed by atoms with Gasteiger partial charge in [-0.15, -0.1) is 0 Å². The van der Waals surface area contributed by atoms with Crippen LogP contribution >= 0.6 is 11.6 Å². The van der Waals surface area contributed by atoms with Gasteiger partial charge in [-0.2, -0.15) is 0 Å². The number of benzene rings is 1. The first-order valence-electron chi connectivity index (χ1n) is 4.50. The van der Waals surface area contributed by atoms with E-state index in [2.05, 4.69) is 4.98 Å². The quantitative estimate of drug-likeness (QED) is 0.817. The molecular weight excluding hydrogens is 231 g/mol. The maximum absolute atomic E-state index is 13.4. The van der Waals surface area contributed by atoms with E-state index >= 15 is 0 Å². The molecule has 0 saturated carbocycles. The van der Waals surface area contributed by atoms with Crippen molar-refractivity contribution in [2.75, 3.05) is 5.73 Å². The average molecular weight is 239 g/mol. The molecule has 0 saturated heterocycles. The summed E-state index contributed by atoms with van der Waals surface area (Å²) in [5.74, 6) is -0.253. The number of nitrogen functional groups attached to an aromatic ring is 1. The highest BCUT2D eigenvalue weighted by atomic mass is 35.5. The van der Waals surface area contributed by atoms with E-state index in [4.69, 9.17) is 22.1 Å². The van der Waals surface area contributed by atoms with Crippen LogP contribution in [0.3, 0.4) is 0 Å². The third-order valence-electron chi connectivity index (χ3n) is 1.94. The monoisotopic (exact) mass is 238 g/mol. The Morgan fingerprint density at radius 1 is 1.31 bits per heavy atom. The number of nitrogens with zero attached hydrogens (tertiary/aromatic N) is 1. The molecule has 0 amide bonds. The molecule has 0 radical (unpaired) electrons. The van der Waals surface area contributed by atoms with Crippen LogP contribution in [0.25, 0.3) is 0 Å². The lowest BCUT2D eigenvalue weighted by molar-refractivity contribution is 0.444. The molecule has 16 heavy (non-hydrogen) atoms. The van der Waals surface area contributed by atoms with Gasteiger partial charge in [0.15, 0.2) is 11.6 Å². The first-order valence-corrected chi connectivity index (χ1v) is 4.87. The van der Waals surface area contributed by atoms with Crippen molar-refractivity contribution in [2.24, 2.45) is 0 Å². The van der Waals surface area contributed by atoms with Crippen LogP contribution in [0.1, 0.15) is 0 Å². The van der Waals surface area contributed by atoms with Crippen molar-refractivity contribution in [3.8, 4) is 11.5 Å². The zero-order valence-corrected chi connectivity index (χ0v) is 8.91. The molecule has 0 aliphatic carbocycles. The Morgan fingerprint density at radius 3 is 2.81 bits per heavy atom. The van der Waals surface area contributed by atoms with Gasteiger partial charge in [0.05, 0.1) is 5.69 Å². The van der Waals surface area contributed by atoms with E-state index in [0.29, 0.717) is 10.8 Å². The summed E-state index contributed by atoms with van der Waals surface area (Å²) in [6, 6.07) is 5.86. The normalized spacial score (nSPS) is 10.1. The molecule has 3 nitrogen and oxygen atoms in total. The van der Waals surface area contributed by atoms with Crippen LogP contribution < -0.4 is 10.5 Å². The van der Waals surface area contributed by atoms with E-state index in [0.717, 1.165) is 0 Å². The van der Waals surface area contributed by atoms with Gasteiger partial charge in [-0.25, -0.2) is 4.39 Å². The number of halogens is 2. The predicted molar refractivity (Wildman–Crippen MR) is 60.1 cm³/mol. The molecule has 0 atom stereocenters. The Labute approximate surface area is 96.6 Å². The number of rotatable bonds is 2. The first-order chi connectivity index (χ1) is 7.68. The second-order valence-electron chi connectivity index (χ2n) is 3.07. The molecule has 0 aliphatic rings. The highest BCUT2D eigenvalue weighted by Gasteiger charge is 2.10. The smallest absolute Gasteiger partial charge is 0.185 e. The minimum atomic E-state index is -0.534. The topological polar surface area (TPSA) is 48.1 Å². The molecule has 0 unspecified atom stereocenters. The van der Waals surface area contributed by atoms with Crippen molar-refractivity contribution in [3.05, 3.63) is 47.5 Å². The number of ether oxygens (including phenoxy) is 1. The number of anilines is 1. The number of hydrogen-bond acceptors (Lipinski definition) is 3. The van der Waals surface area contributed by atoms with Gasteiger partial charge in [-0.3, -0.25) is 4.98 Å². The molecule has 0 spiro atoms. The van der Waals surface area contributed by atoms with Gasteiger partial charge < -0.3 is 10.5 Å². The van der Waals surface area contributed by atoms with E-state index in [-0.39, 0.29) is 11.4 Å². The third-order valence-corrected chi connectivity index (χ3v) is 2.23. The largest absolute Gasteiger partial charge is 0.450 e. The first kappa shape index (κ1) is 10.7. The van der Waals surface area contributed by atoms with Gasteiger partial charge in [0, 0.05) is 18.5 Å². The van der Waals surface area contributed by atoms with E-state index < -0.39 is 5.82 Å². The van der Waals surface area contributed by atoms with Crippen molar-refractivity contribution in [1.29, 1.82) is 0 Å². The van der Waals surface area contributed by atoms with E-state index in [1.54, 1.807) is 6.07 Å². The Bertz CT molecular complexity index is 499. The molecule has 0 bridgehead atoms. The van der Waals surface area contributed by atoms with Crippen LogP contribution in [0.15, 0.2) is 36.7 Å². The number of aromatic nitrogens is 1. The molecule has 0 fully saturated rings. The Balaban J connectivity index is 2.38. The van der Waals surface area contributed by atoms with E-state index in [1.807, 2.05) is 0 Å². The van der Waals surface area contributed by atoms with Gasteiger partial charge in [0.1, 0.15) is 10.8 Å². The Morgan fingerprint density at radius 2 is 2.12 bits per heavy atom. The molecular formula is C11H8ClFN2O.